The van der Waals surface area contributed by atoms with Crippen LogP contribution in [0.2, 0.25) is 0 Å². The van der Waals surface area contributed by atoms with Crippen LogP contribution in [0, 0.1) is 31.6 Å². The highest BCUT2D eigenvalue weighted by molar-refractivity contribution is 5.98. The summed E-state index contributed by atoms with van der Waals surface area (Å²) in [5.41, 5.74) is -0.572. The number of non-ortho nitro benzene ring substituents is 1. The number of rotatable bonds is 7. The van der Waals surface area contributed by atoms with Crippen molar-refractivity contribution >= 4 is 17.3 Å². The molecule has 9 nitrogen and oxygen atoms in total. The fourth-order valence-corrected chi connectivity index (χ4v) is 2.38. The Morgan fingerprint density at radius 1 is 1.08 bits per heavy atom. The minimum Gasteiger partial charge on any atom is -0.333 e. The van der Waals surface area contributed by atoms with Crippen LogP contribution in [0.1, 0.15) is 22.3 Å². The number of nitrogens with zero attached hydrogens (tertiary/aromatic N) is 4. The highest BCUT2D eigenvalue weighted by Crippen LogP contribution is 2.26. The summed E-state index contributed by atoms with van der Waals surface area (Å²) in [4.78, 5) is 34.6. The van der Waals surface area contributed by atoms with Crippen molar-refractivity contribution in [1.29, 1.82) is 5.26 Å². The molecule has 0 saturated carbocycles. The maximum Gasteiger partial charge on any atom is 0.289 e. The third-order valence-electron chi connectivity index (χ3n) is 3.62. The zero-order valence-corrected chi connectivity index (χ0v) is 13.6. The van der Waals surface area contributed by atoms with E-state index in [2.05, 4.69) is 0 Å². The highest BCUT2D eigenvalue weighted by atomic mass is 16.6. The summed E-state index contributed by atoms with van der Waals surface area (Å²) in [7, 11) is 0. The number of hydrogen-bond acceptors (Lipinski definition) is 6. The number of benzene rings is 2. The molecule has 1 amide bonds. The Bertz CT molecular complexity index is 876. The van der Waals surface area contributed by atoms with Crippen LogP contribution >= 0.6 is 0 Å². The predicted octanol–water partition coefficient (Wildman–Crippen LogP) is 3.06. The van der Waals surface area contributed by atoms with Crippen molar-refractivity contribution in [2.45, 2.75) is 13.0 Å². The van der Waals surface area contributed by atoms with Gasteiger partial charge in [-0.15, -0.1) is 0 Å². The van der Waals surface area contributed by atoms with Crippen LogP contribution in [0.4, 0.5) is 11.4 Å². The fraction of sp³-hybridized carbons (Fsp3) is 0.176. The molecule has 2 rings (SSSR count). The Labute approximate surface area is 148 Å². The largest absolute Gasteiger partial charge is 0.333 e. The molecule has 2 aromatic carbocycles. The van der Waals surface area contributed by atoms with Crippen LogP contribution in [0.25, 0.3) is 0 Å². The van der Waals surface area contributed by atoms with Gasteiger partial charge in [-0.1, -0.05) is 30.3 Å². The number of carbonyl (C=O) groups excluding carboxylic acids is 1. The number of nitro groups is 2. The Balaban J connectivity index is 2.39. The van der Waals surface area contributed by atoms with Crippen LogP contribution in [0.3, 0.4) is 0 Å². The van der Waals surface area contributed by atoms with Gasteiger partial charge < -0.3 is 4.90 Å². The van der Waals surface area contributed by atoms with Gasteiger partial charge in [-0.25, -0.2) is 0 Å². The second-order valence-corrected chi connectivity index (χ2v) is 5.34. The van der Waals surface area contributed by atoms with E-state index in [1.165, 1.54) is 4.90 Å². The second kappa shape index (κ2) is 8.34. The average Bonchev–Trinajstić information content (AvgIpc) is 2.64. The lowest BCUT2D eigenvalue weighted by Gasteiger charge is -2.21. The predicted molar refractivity (Wildman–Crippen MR) is 91.2 cm³/mol. The summed E-state index contributed by atoms with van der Waals surface area (Å²) in [5.74, 6) is -0.661. The summed E-state index contributed by atoms with van der Waals surface area (Å²) in [6.07, 6.45) is 0.0549. The van der Waals surface area contributed by atoms with Crippen molar-refractivity contribution in [1.82, 2.24) is 4.90 Å². The van der Waals surface area contributed by atoms with Crippen LogP contribution in [0.5, 0.6) is 0 Å². The number of hydrogen-bond donors (Lipinski definition) is 0. The Kier molecular flexibility index (Phi) is 5.95. The van der Waals surface area contributed by atoms with E-state index in [0.29, 0.717) is 0 Å². The molecule has 0 aromatic heterocycles. The van der Waals surface area contributed by atoms with Crippen LogP contribution in [0.15, 0.2) is 48.5 Å². The summed E-state index contributed by atoms with van der Waals surface area (Å²) in [5, 5.41) is 30.9. The zero-order chi connectivity index (χ0) is 19.1. The molecule has 0 aliphatic rings. The van der Waals surface area contributed by atoms with E-state index in [0.717, 1.165) is 23.8 Å². The lowest BCUT2D eigenvalue weighted by molar-refractivity contribution is -0.394. The highest BCUT2D eigenvalue weighted by Gasteiger charge is 2.27. The summed E-state index contributed by atoms with van der Waals surface area (Å²) < 4.78 is 0. The van der Waals surface area contributed by atoms with E-state index in [1.807, 2.05) is 12.1 Å². The Morgan fingerprint density at radius 2 is 1.77 bits per heavy atom. The van der Waals surface area contributed by atoms with E-state index in [1.54, 1.807) is 24.3 Å². The average molecular weight is 354 g/mol. The topological polar surface area (TPSA) is 130 Å². The van der Waals surface area contributed by atoms with Gasteiger partial charge in [-0.3, -0.25) is 25.0 Å². The molecule has 0 radical (unpaired) electrons. The molecule has 132 valence electrons. The van der Waals surface area contributed by atoms with Crippen molar-refractivity contribution in [2.75, 3.05) is 6.54 Å². The summed E-state index contributed by atoms with van der Waals surface area (Å²) >= 11 is 0. The van der Waals surface area contributed by atoms with Gasteiger partial charge in [0.2, 0.25) is 0 Å². The molecule has 9 heteroatoms. The smallest absolute Gasteiger partial charge is 0.289 e. The number of amides is 1. The first-order valence-electron chi connectivity index (χ1n) is 7.57. The molecular weight excluding hydrogens is 340 g/mol. The van der Waals surface area contributed by atoms with Gasteiger partial charge in [-0.2, -0.15) is 5.26 Å². The van der Waals surface area contributed by atoms with E-state index in [-0.39, 0.29) is 25.1 Å². The Morgan fingerprint density at radius 3 is 2.35 bits per heavy atom. The molecule has 0 heterocycles. The van der Waals surface area contributed by atoms with Gasteiger partial charge in [-0.05, 0) is 11.6 Å². The van der Waals surface area contributed by atoms with E-state index >= 15 is 0 Å². The third-order valence-corrected chi connectivity index (χ3v) is 3.62. The van der Waals surface area contributed by atoms with E-state index in [4.69, 9.17) is 5.26 Å². The molecule has 0 atom stereocenters. The normalized spacial score (nSPS) is 9.96. The second-order valence-electron chi connectivity index (χ2n) is 5.34. The van der Waals surface area contributed by atoms with Crippen LogP contribution < -0.4 is 0 Å². The molecule has 0 spiro atoms. The van der Waals surface area contributed by atoms with Crippen LogP contribution in [-0.2, 0) is 6.54 Å². The standard InChI is InChI=1S/C17H14N4O5/c18-9-4-10-19(12-13-5-2-1-3-6-13)17(22)15-8-7-14(20(23)24)11-16(15)21(25)26/h1-3,5-8,11H,4,10,12H2. The van der Waals surface area contributed by atoms with Crippen molar-refractivity contribution in [3.05, 3.63) is 79.9 Å². The van der Waals surface area contributed by atoms with Crippen LogP contribution in [-0.4, -0.2) is 27.2 Å². The third kappa shape index (κ3) is 4.39. The fourth-order valence-electron chi connectivity index (χ4n) is 2.38. The maximum absolute atomic E-state index is 12.8. The first kappa shape index (κ1) is 18.5. The van der Waals surface area contributed by atoms with Gasteiger partial charge in [0.05, 0.1) is 28.4 Å². The molecule has 0 aliphatic heterocycles. The SMILES string of the molecule is N#CCCN(Cc1ccccc1)C(=O)c1ccc([N+](=O)[O-])cc1[N+](=O)[O-]. The molecule has 0 bridgehead atoms. The molecule has 0 fully saturated rings. The summed E-state index contributed by atoms with van der Waals surface area (Å²) in [6.45, 7) is 0.244. The molecular formula is C17H14N4O5. The lowest BCUT2D eigenvalue weighted by atomic mass is 10.1. The van der Waals surface area contributed by atoms with Crippen molar-refractivity contribution in [3.8, 4) is 6.07 Å². The van der Waals surface area contributed by atoms with Crippen molar-refractivity contribution in [3.63, 3.8) is 0 Å². The lowest BCUT2D eigenvalue weighted by Crippen LogP contribution is -2.32. The summed E-state index contributed by atoms with van der Waals surface area (Å²) in [6, 6.07) is 13.8. The van der Waals surface area contributed by atoms with E-state index in [9.17, 15) is 25.0 Å². The number of carbonyl (C=O) groups is 1. The Hall–Kier alpha value is -3.80. The molecule has 26 heavy (non-hydrogen) atoms. The van der Waals surface area contributed by atoms with Gasteiger partial charge in [0.15, 0.2) is 0 Å². The van der Waals surface area contributed by atoms with Gasteiger partial charge in [0.1, 0.15) is 5.56 Å². The van der Waals surface area contributed by atoms with Gasteiger partial charge in [0.25, 0.3) is 17.3 Å². The number of nitro benzene ring substituents is 2. The first-order chi connectivity index (χ1) is 12.4. The minimum absolute atomic E-state index is 0.0549. The number of nitriles is 1. The van der Waals surface area contributed by atoms with Crippen molar-refractivity contribution < 1.29 is 14.6 Å². The molecule has 0 saturated heterocycles. The molecule has 2 aromatic rings. The molecule has 0 N–H and O–H groups in total. The monoisotopic (exact) mass is 354 g/mol. The zero-order valence-electron chi connectivity index (χ0n) is 13.6. The quantitative estimate of drug-likeness (QED) is 0.554. The van der Waals surface area contributed by atoms with Gasteiger partial charge >= 0.3 is 0 Å². The molecule has 0 aliphatic carbocycles. The van der Waals surface area contributed by atoms with E-state index < -0.39 is 27.1 Å². The maximum atomic E-state index is 12.8. The first-order valence-corrected chi connectivity index (χ1v) is 7.57. The molecule has 0 unspecified atom stereocenters. The van der Waals surface area contributed by atoms with Crippen molar-refractivity contribution in [2.24, 2.45) is 0 Å². The minimum atomic E-state index is -0.828. The van der Waals surface area contributed by atoms with Gasteiger partial charge in [0, 0.05) is 19.2 Å².